The number of unbranched alkanes of at least 4 members (excludes halogenated alkanes) is 14. The van der Waals surface area contributed by atoms with Crippen molar-refractivity contribution in [2.75, 3.05) is 5.75 Å². The van der Waals surface area contributed by atoms with Crippen LogP contribution in [0.2, 0.25) is 0 Å². The smallest absolute Gasteiger partial charge is 0.212 e. The zero-order valence-electron chi connectivity index (χ0n) is 15.9. The average molecular weight is 347 g/mol. The Morgan fingerprint density at radius 2 is 1.00 bits per heavy atom. The van der Waals surface area contributed by atoms with Gasteiger partial charge in [0.15, 0.2) is 0 Å². The summed E-state index contributed by atoms with van der Waals surface area (Å²) >= 11 is -1.03. The second kappa shape index (κ2) is 18.6. The Bertz CT molecular complexity index is 224. The minimum Gasteiger partial charge on any atom is -0.614 e. The lowest BCUT2D eigenvalue weighted by Gasteiger charge is -2.15. The lowest BCUT2D eigenvalue weighted by molar-refractivity contribution is 0.244. The maximum absolute atomic E-state index is 11.6. The number of hydrogen-bond acceptors (Lipinski definition) is 2. The van der Waals surface area contributed by atoms with Crippen molar-refractivity contribution in [3.8, 4) is 0 Å². The molecule has 0 aliphatic rings. The molecule has 2 atom stereocenters. The number of aliphatic hydroxyl groups is 1. The second-order valence-electron chi connectivity index (χ2n) is 6.90. The van der Waals surface area contributed by atoms with E-state index in [4.69, 9.17) is 0 Å². The number of rotatable bonds is 18. The van der Waals surface area contributed by atoms with Gasteiger partial charge >= 0.3 is 0 Å². The van der Waals surface area contributed by atoms with Crippen molar-refractivity contribution in [2.24, 2.45) is 0 Å². The van der Waals surface area contributed by atoms with Crippen molar-refractivity contribution < 1.29 is 9.66 Å². The van der Waals surface area contributed by atoms with E-state index in [2.05, 4.69) is 6.92 Å². The van der Waals surface area contributed by atoms with Crippen LogP contribution in [-0.2, 0) is 11.2 Å². The van der Waals surface area contributed by atoms with Crippen molar-refractivity contribution in [1.29, 1.82) is 0 Å². The molecular weight excluding hydrogens is 304 g/mol. The predicted octanol–water partition coefficient (Wildman–Crippen LogP) is 6.33. The molecule has 0 aromatic rings. The van der Waals surface area contributed by atoms with E-state index in [1.165, 1.54) is 89.9 Å². The van der Waals surface area contributed by atoms with E-state index >= 15 is 0 Å². The molecule has 0 aliphatic heterocycles. The van der Waals surface area contributed by atoms with Crippen molar-refractivity contribution in [1.82, 2.24) is 0 Å². The molecule has 23 heavy (non-hydrogen) atoms. The fraction of sp³-hybridized carbons (Fsp3) is 1.00. The van der Waals surface area contributed by atoms with E-state index in [9.17, 15) is 9.66 Å². The monoisotopic (exact) mass is 346 g/mol. The van der Waals surface area contributed by atoms with Crippen molar-refractivity contribution in [2.45, 2.75) is 122 Å². The molecule has 0 rings (SSSR count). The third-order valence-corrected chi connectivity index (χ3v) is 6.23. The quantitative estimate of drug-likeness (QED) is 0.232. The van der Waals surface area contributed by atoms with Crippen molar-refractivity contribution >= 4 is 11.2 Å². The number of aliphatic hydroxyl groups excluding tert-OH is 1. The highest BCUT2D eigenvalue weighted by Gasteiger charge is 2.15. The Morgan fingerprint density at radius 1 is 0.652 bits per heavy atom. The molecule has 0 aromatic heterocycles. The van der Waals surface area contributed by atoms with Crippen LogP contribution in [0.4, 0.5) is 0 Å². The zero-order valence-corrected chi connectivity index (χ0v) is 16.7. The van der Waals surface area contributed by atoms with E-state index in [0.29, 0.717) is 12.2 Å². The molecule has 0 spiro atoms. The van der Waals surface area contributed by atoms with E-state index in [-0.39, 0.29) is 0 Å². The average Bonchev–Trinajstić information content (AvgIpc) is 2.57. The summed E-state index contributed by atoms with van der Waals surface area (Å²) in [6.45, 7) is 4.16. The molecular formula is C20H42O2S. The Hall–Kier alpha value is 0.270. The molecule has 3 heteroatoms. The van der Waals surface area contributed by atoms with Gasteiger partial charge in [0.05, 0.1) is 0 Å². The summed E-state index contributed by atoms with van der Waals surface area (Å²) in [5.74, 6) is 0.674. The third-order valence-electron chi connectivity index (χ3n) is 4.60. The van der Waals surface area contributed by atoms with Crippen LogP contribution < -0.4 is 0 Å². The SMILES string of the molecule is CCCCCCCCCCCCCCCCC[S+]([O-])C(O)CC. The minimum atomic E-state index is -1.03. The summed E-state index contributed by atoms with van der Waals surface area (Å²) in [5.41, 5.74) is -0.610. The fourth-order valence-corrected chi connectivity index (χ4v) is 4.07. The van der Waals surface area contributed by atoms with E-state index < -0.39 is 16.6 Å². The highest BCUT2D eigenvalue weighted by Crippen LogP contribution is 2.14. The van der Waals surface area contributed by atoms with Gasteiger partial charge in [0.2, 0.25) is 5.44 Å². The van der Waals surface area contributed by atoms with Crippen LogP contribution in [0.15, 0.2) is 0 Å². The zero-order chi connectivity index (χ0) is 17.2. The topological polar surface area (TPSA) is 43.3 Å². The highest BCUT2D eigenvalue weighted by molar-refractivity contribution is 7.91. The Kier molecular flexibility index (Phi) is 18.8. The van der Waals surface area contributed by atoms with E-state index in [1.54, 1.807) is 0 Å². The van der Waals surface area contributed by atoms with Gasteiger partial charge in [-0.1, -0.05) is 97.3 Å². The van der Waals surface area contributed by atoms with Gasteiger partial charge in [0, 0.05) is 6.42 Å². The van der Waals surface area contributed by atoms with Gasteiger partial charge in [-0.3, -0.25) is 0 Å². The molecule has 0 bridgehead atoms. The molecule has 0 aromatic carbocycles. The molecule has 2 nitrogen and oxygen atoms in total. The highest BCUT2D eigenvalue weighted by atomic mass is 32.2. The summed E-state index contributed by atoms with van der Waals surface area (Å²) < 4.78 is 11.6. The lowest BCUT2D eigenvalue weighted by atomic mass is 10.0. The van der Waals surface area contributed by atoms with E-state index in [1.807, 2.05) is 6.92 Å². The Balaban J connectivity index is 3.08. The van der Waals surface area contributed by atoms with Gasteiger partial charge in [-0.25, -0.2) is 0 Å². The van der Waals surface area contributed by atoms with Crippen LogP contribution in [-0.4, -0.2) is 20.8 Å². The van der Waals surface area contributed by atoms with Crippen LogP contribution in [0.25, 0.3) is 0 Å². The van der Waals surface area contributed by atoms with Crippen LogP contribution in [0, 0.1) is 0 Å². The molecule has 0 fully saturated rings. The van der Waals surface area contributed by atoms with E-state index in [0.717, 1.165) is 6.42 Å². The molecule has 2 unspecified atom stereocenters. The Labute approximate surface area is 149 Å². The molecule has 140 valence electrons. The Morgan fingerprint density at radius 3 is 1.35 bits per heavy atom. The summed E-state index contributed by atoms with van der Waals surface area (Å²) in [5, 5.41) is 9.44. The van der Waals surface area contributed by atoms with Gasteiger partial charge in [-0.2, -0.15) is 0 Å². The van der Waals surface area contributed by atoms with Crippen LogP contribution in [0.1, 0.15) is 117 Å². The molecule has 1 N–H and O–H groups in total. The van der Waals surface area contributed by atoms with Crippen LogP contribution >= 0.6 is 0 Å². The number of hydrogen-bond donors (Lipinski definition) is 1. The molecule has 0 heterocycles. The van der Waals surface area contributed by atoms with Crippen molar-refractivity contribution in [3.05, 3.63) is 0 Å². The van der Waals surface area contributed by atoms with Crippen LogP contribution in [0.5, 0.6) is 0 Å². The fourth-order valence-electron chi connectivity index (χ4n) is 2.94. The second-order valence-corrected chi connectivity index (χ2v) is 8.61. The lowest BCUT2D eigenvalue weighted by Crippen LogP contribution is -2.22. The van der Waals surface area contributed by atoms with Gasteiger partial charge in [0.1, 0.15) is 5.75 Å². The molecule has 0 radical (unpaired) electrons. The van der Waals surface area contributed by atoms with Gasteiger partial charge in [-0.05, 0) is 24.0 Å². The molecule has 0 saturated carbocycles. The molecule has 0 saturated heterocycles. The maximum atomic E-state index is 11.6. The summed E-state index contributed by atoms with van der Waals surface area (Å²) in [6, 6.07) is 0. The molecule has 0 aliphatic carbocycles. The summed E-state index contributed by atoms with van der Waals surface area (Å²) in [6.07, 6.45) is 20.8. The van der Waals surface area contributed by atoms with Crippen LogP contribution in [0.3, 0.4) is 0 Å². The van der Waals surface area contributed by atoms with Crippen molar-refractivity contribution in [3.63, 3.8) is 0 Å². The standard InChI is InChI=1S/C20H42O2S/c1-3-5-6-7-8-9-10-11-12-13-14-15-16-17-18-19-23(22)20(21)4-2/h20-21H,3-19H2,1-2H3. The normalized spacial score (nSPS) is 14.1. The summed E-state index contributed by atoms with van der Waals surface area (Å²) in [7, 11) is 0. The first-order chi connectivity index (χ1) is 11.2. The first-order valence-electron chi connectivity index (χ1n) is 10.3. The minimum absolute atomic E-state index is 0.603. The first kappa shape index (κ1) is 23.3. The molecule has 0 amide bonds. The van der Waals surface area contributed by atoms with Gasteiger partial charge in [-0.15, -0.1) is 0 Å². The maximum Gasteiger partial charge on any atom is 0.212 e. The van der Waals surface area contributed by atoms with Gasteiger partial charge < -0.3 is 9.66 Å². The summed E-state index contributed by atoms with van der Waals surface area (Å²) in [4.78, 5) is 0. The van der Waals surface area contributed by atoms with Gasteiger partial charge in [0.25, 0.3) is 0 Å². The largest absolute Gasteiger partial charge is 0.614 e. The first-order valence-corrected chi connectivity index (χ1v) is 11.7. The predicted molar refractivity (Wildman–Crippen MR) is 104 cm³/mol. The third kappa shape index (κ3) is 16.9.